The van der Waals surface area contributed by atoms with Crippen LogP contribution in [0.15, 0.2) is 72.5 Å². The Bertz CT molecular complexity index is 956. The number of nitrogens with zero attached hydrogens (tertiary/aromatic N) is 3. The summed E-state index contributed by atoms with van der Waals surface area (Å²) in [7, 11) is 0. The number of aromatic nitrogens is 2. The minimum atomic E-state index is -0.271. The molecule has 1 amide bonds. The van der Waals surface area contributed by atoms with Gasteiger partial charge in [-0.15, -0.1) is 0 Å². The van der Waals surface area contributed by atoms with E-state index in [9.17, 15) is 4.79 Å². The van der Waals surface area contributed by atoms with Gasteiger partial charge in [-0.05, 0) is 68.4 Å². The number of rotatable bonds is 8. The van der Waals surface area contributed by atoms with E-state index in [1.54, 1.807) is 6.08 Å². The predicted octanol–water partition coefficient (Wildman–Crippen LogP) is 5.38. The summed E-state index contributed by atoms with van der Waals surface area (Å²) in [5, 5.41) is 3.00. The lowest BCUT2D eigenvalue weighted by Gasteiger charge is -2.38. The second-order valence-electron chi connectivity index (χ2n) is 9.28. The highest BCUT2D eigenvalue weighted by Gasteiger charge is 2.32. The molecule has 1 aliphatic carbocycles. The zero-order valence-corrected chi connectivity index (χ0v) is 20.2. The average molecular weight is 463 g/mol. The molecule has 0 saturated carbocycles. The van der Waals surface area contributed by atoms with Crippen molar-refractivity contribution in [3.05, 3.63) is 83.9 Å². The fraction of sp³-hybridized carbons (Fsp3) is 0.464. The molecular weight excluding hydrogens is 427 g/mol. The normalized spacial score (nSPS) is 19.2. The Morgan fingerprint density at radius 2 is 1.68 bits per heavy atom. The Morgan fingerprint density at radius 1 is 1.06 bits per heavy atom. The Morgan fingerprint density at radius 3 is 2.18 bits per heavy atom. The fourth-order valence-electron chi connectivity index (χ4n) is 5.24. The molecule has 1 N–H and O–H groups in total. The number of hydrogen-bond acceptors (Lipinski definition) is 4. The molecule has 6 heteroatoms. The van der Waals surface area contributed by atoms with E-state index in [2.05, 4.69) is 32.3 Å². The Kier molecular flexibility index (Phi) is 8.09. The van der Waals surface area contributed by atoms with E-state index in [-0.39, 0.29) is 29.6 Å². The van der Waals surface area contributed by atoms with Crippen LogP contribution in [0.4, 0.5) is 4.39 Å². The van der Waals surface area contributed by atoms with E-state index < -0.39 is 0 Å². The van der Waals surface area contributed by atoms with Crippen LogP contribution in [0.2, 0.25) is 0 Å². The van der Waals surface area contributed by atoms with Crippen LogP contribution >= 0.6 is 0 Å². The summed E-state index contributed by atoms with van der Waals surface area (Å²) in [4.78, 5) is 23.8. The zero-order valence-electron chi connectivity index (χ0n) is 20.2. The summed E-state index contributed by atoms with van der Waals surface area (Å²) < 4.78 is 15.1. The van der Waals surface area contributed by atoms with Crippen molar-refractivity contribution in [2.24, 2.45) is 11.8 Å². The van der Waals surface area contributed by atoms with Gasteiger partial charge in [0.05, 0.1) is 11.7 Å². The van der Waals surface area contributed by atoms with Gasteiger partial charge in [0.25, 0.3) is 0 Å². The standard InChI is InChI=1S/C28H35FN4O/c1-3-20(4-2)28(34)32-22-11-12-26(23(29)19-22)33-17-13-21(14-18-33)27(24-9-5-7-15-30-24)25-10-6-8-16-31-25/h5-10,12,15-16,19-22,27H,3-4,11,13-14,17-18H2,1-2H3,(H,32,34). The molecular formula is C28H35FN4O. The maximum absolute atomic E-state index is 15.1. The zero-order chi connectivity index (χ0) is 23.9. The lowest BCUT2D eigenvalue weighted by molar-refractivity contribution is -0.125. The topological polar surface area (TPSA) is 58.1 Å². The number of allylic oxidation sites excluding steroid dienone is 1. The van der Waals surface area contributed by atoms with Crippen LogP contribution in [0.25, 0.3) is 0 Å². The first-order chi connectivity index (χ1) is 16.6. The van der Waals surface area contributed by atoms with E-state index in [4.69, 9.17) is 0 Å². The first kappa shape index (κ1) is 24.1. The van der Waals surface area contributed by atoms with Crippen LogP contribution in [0.1, 0.15) is 63.3 Å². The highest BCUT2D eigenvalue weighted by molar-refractivity contribution is 5.79. The SMILES string of the molecule is CCC(CC)C(=O)NC1C=C(F)C(N2CCC(C(c3ccccn3)c3ccccn3)CC2)=CC1. The maximum atomic E-state index is 15.1. The third kappa shape index (κ3) is 5.54. The minimum Gasteiger partial charge on any atom is -0.369 e. The molecule has 0 radical (unpaired) electrons. The van der Waals surface area contributed by atoms with Crippen molar-refractivity contribution in [2.45, 2.75) is 57.9 Å². The second-order valence-corrected chi connectivity index (χ2v) is 9.28. The van der Waals surface area contributed by atoms with E-state index in [1.165, 1.54) is 0 Å². The van der Waals surface area contributed by atoms with Crippen LogP contribution in [0.5, 0.6) is 0 Å². The fourth-order valence-corrected chi connectivity index (χ4v) is 5.24. The smallest absolute Gasteiger partial charge is 0.223 e. The maximum Gasteiger partial charge on any atom is 0.223 e. The molecule has 1 atom stereocenters. The van der Waals surface area contributed by atoms with Crippen molar-refractivity contribution >= 4 is 5.91 Å². The first-order valence-corrected chi connectivity index (χ1v) is 12.6. The second kappa shape index (κ2) is 11.4. The highest BCUT2D eigenvalue weighted by Crippen LogP contribution is 2.38. The number of carbonyl (C=O) groups is 1. The molecule has 3 heterocycles. The molecule has 4 rings (SSSR count). The average Bonchev–Trinajstić information content (AvgIpc) is 2.87. The molecule has 2 aliphatic rings. The van der Waals surface area contributed by atoms with Gasteiger partial charge in [0.2, 0.25) is 5.91 Å². The van der Waals surface area contributed by atoms with Crippen molar-refractivity contribution in [1.29, 1.82) is 0 Å². The van der Waals surface area contributed by atoms with Crippen molar-refractivity contribution in [3.63, 3.8) is 0 Å². The molecule has 1 aliphatic heterocycles. The number of nitrogens with one attached hydrogen (secondary N) is 1. The molecule has 180 valence electrons. The highest BCUT2D eigenvalue weighted by atomic mass is 19.1. The van der Waals surface area contributed by atoms with Crippen molar-refractivity contribution in [3.8, 4) is 0 Å². The van der Waals surface area contributed by atoms with E-state index >= 15 is 4.39 Å². The van der Waals surface area contributed by atoms with Crippen LogP contribution in [0, 0.1) is 11.8 Å². The number of hydrogen-bond donors (Lipinski definition) is 1. The van der Waals surface area contributed by atoms with Gasteiger partial charge in [-0.2, -0.15) is 0 Å². The molecule has 5 nitrogen and oxygen atoms in total. The Labute approximate surface area is 202 Å². The van der Waals surface area contributed by atoms with Crippen LogP contribution in [-0.4, -0.2) is 39.9 Å². The number of amides is 1. The number of piperidine rings is 1. The molecule has 1 unspecified atom stereocenters. The lowest BCUT2D eigenvalue weighted by atomic mass is 9.79. The Hall–Kier alpha value is -3.02. The van der Waals surface area contributed by atoms with Gasteiger partial charge < -0.3 is 10.2 Å². The van der Waals surface area contributed by atoms with E-state index in [0.29, 0.717) is 18.0 Å². The van der Waals surface area contributed by atoms with Crippen LogP contribution in [-0.2, 0) is 4.79 Å². The third-order valence-corrected chi connectivity index (χ3v) is 7.21. The number of pyridine rings is 2. The summed E-state index contributed by atoms with van der Waals surface area (Å²) in [5.41, 5.74) is 2.75. The van der Waals surface area contributed by atoms with Crippen LogP contribution < -0.4 is 5.32 Å². The largest absolute Gasteiger partial charge is 0.369 e. The molecule has 2 aromatic rings. The van der Waals surface area contributed by atoms with Gasteiger partial charge in [-0.25, -0.2) is 4.39 Å². The monoisotopic (exact) mass is 462 g/mol. The van der Waals surface area contributed by atoms with Gasteiger partial charge in [0, 0.05) is 48.7 Å². The molecule has 1 saturated heterocycles. The van der Waals surface area contributed by atoms with Crippen molar-refractivity contribution < 1.29 is 9.18 Å². The van der Waals surface area contributed by atoms with Gasteiger partial charge in [-0.3, -0.25) is 14.8 Å². The quantitative estimate of drug-likeness (QED) is 0.572. The summed E-state index contributed by atoms with van der Waals surface area (Å²) >= 11 is 0. The third-order valence-electron chi connectivity index (χ3n) is 7.21. The first-order valence-electron chi connectivity index (χ1n) is 12.6. The molecule has 0 spiro atoms. The summed E-state index contributed by atoms with van der Waals surface area (Å²) in [6.07, 6.45) is 11.3. The van der Waals surface area contributed by atoms with Gasteiger partial charge in [0.1, 0.15) is 5.83 Å². The molecule has 0 aromatic carbocycles. The minimum absolute atomic E-state index is 0.00739. The van der Waals surface area contributed by atoms with Crippen molar-refractivity contribution in [2.75, 3.05) is 13.1 Å². The van der Waals surface area contributed by atoms with E-state index in [1.807, 2.05) is 56.6 Å². The number of likely N-dealkylation sites (tertiary alicyclic amines) is 1. The number of carbonyl (C=O) groups excluding carboxylic acids is 1. The Balaban J connectivity index is 1.40. The lowest BCUT2D eigenvalue weighted by Crippen LogP contribution is -2.40. The molecule has 34 heavy (non-hydrogen) atoms. The van der Waals surface area contributed by atoms with Gasteiger partial charge in [-0.1, -0.05) is 32.1 Å². The number of halogens is 1. The van der Waals surface area contributed by atoms with Gasteiger partial charge >= 0.3 is 0 Å². The summed E-state index contributed by atoms with van der Waals surface area (Å²) in [6.45, 7) is 5.61. The molecule has 1 fully saturated rings. The summed E-state index contributed by atoms with van der Waals surface area (Å²) in [6, 6.07) is 11.8. The van der Waals surface area contributed by atoms with Gasteiger partial charge in [0.15, 0.2) is 0 Å². The molecule has 2 aromatic heterocycles. The summed E-state index contributed by atoms with van der Waals surface area (Å²) in [5.74, 6) is 0.309. The molecule has 0 bridgehead atoms. The predicted molar refractivity (Wildman–Crippen MR) is 133 cm³/mol. The van der Waals surface area contributed by atoms with E-state index in [0.717, 1.165) is 50.2 Å². The van der Waals surface area contributed by atoms with Crippen molar-refractivity contribution in [1.82, 2.24) is 20.2 Å². The van der Waals surface area contributed by atoms with Crippen LogP contribution in [0.3, 0.4) is 0 Å².